The molecule has 2 heterocycles. The number of carbonyl (C=O) groups excluding carboxylic acids is 2. The summed E-state index contributed by atoms with van der Waals surface area (Å²) in [7, 11) is 0. The van der Waals surface area contributed by atoms with Crippen molar-refractivity contribution in [1.82, 2.24) is 14.5 Å². The molecular formula is C25H23FN4O5. The molecule has 0 radical (unpaired) electrons. The van der Waals surface area contributed by atoms with E-state index in [2.05, 4.69) is 10.6 Å². The van der Waals surface area contributed by atoms with Crippen LogP contribution in [0.1, 0.15) is 25.7 Å². The van der Waals surface area contributed by atoms with Gasteiger partial charge in [-0.15, -0.1) is 0 Å². The Bertz CT molecular complexity index is 1560. The number of fused-ring (bicyclic) bond motifs is 3. The third-order valence-electron chi connectivity index (χ3n) is 6.17. The van der Waals surface area contributed by atoms with Gasteiger partial charge in [0.25, 0.3) is 5.56 Å². The summed E-state index contributed by atoms with van der Waals surface area (Å²) in [5.41, 5.74) is -0.933. The van der Waals surface area contributed by atoms with E-state index in [0.717, 1.165) is 40.9 Å². The standard InChI is InChI=1S/C25H23FN4O5/c26-15-6-5-9-17(12-15)28-20(31)13-29-22-18-10-3-4-11-19(18)35-23(22)24(33)30(25(29)34)14-21(32)27-16-7-1-2-8-16/h3-6,9-12,16H,1-2,7-8,13-14H2,(H,27,32)(H,28,31). The molecule has 1 fully saturated rings. The fraction of sp³-hybridized carbons (Fsp3) is 0.280. The smallest absolute Gasteiger partial charge is 0.332 e. The number of halogens is 1. The minimum atomic E-state index is -0.815. The molecule has 2 aromatic heterocycles. The molecule has 5 rings (SSSR count). The number of benzene rings is 2. The van der Waals surface area contributed by atoms with E-state index in [-0.39, 0.29) is 22.8 Å². The lowest BCUT2D eigenvalue weighted by Crippen LogP contribution is -2.46. The van der Waals surface area contributed by atoms with Gasteiger partial charge in [0, 0.05) is 17.1 Å². The summed E-state index contributed by atoms with van der Waals surface area (Å²) in [4.78, 5) is 52.0. The van der Waals surface area contributed by atoms with Crippen LogP contribution in [0.3, 0.4) is 0 Å². The van der Waals surface area contributed by atoms with Gasteiger partial charge in [-0.1, -0.05) is 31.0 Å². The van der Waals surface area contributed by atoms with Crippen LogP contribution in [0, 0.1) is 5.82 Å². The first kappa shape index (κ1) is 22.6. The highest BCUT2D eigenvalue weighted by Gasteiger charge is 2.24. The van der Waals surface area contributed by atoms with Gasteiger partial charge < -0.3 is 15.1 Å². The Morgan fingerprint density at radius 3 is 2.49 bits per heavy atom. The Kier molecular flexibility index (Phi) is 5.94. The highest BCUT2D eigenvalue weighted by Crippen LogP contribution is 2.25. The summed E-state index contributed by atoms with van der Waals surface area (Å²) in [6.45, 7) is -0.966. The average Bonchev–Trinajstić information content (AvgIpc) is 3.47. The predicted molar refractivity (Wildman–Crippen MR) is 128 cm³/mol. The van der Waals surface area contributed by atoms with Crippen molar-refractivity contribution in [2.45, 2.75) is 44.8 Å². The number of nitrogens with one attached hydrogen (secondary N) is 2. The quantitative estimate of drug-likeness (QED) is 0.442. The van der Waals surface area contributed by atoms with Crippen LogP contribution < -0.4 is 21.9 Å². The predicted octanol–water partition coefficient (Wildman–Crippen LogP) is 2.75. The van der Waals surface area contributed by atoms with Crippen LogP contribution in [-0.2, 0) is 22.7 Å². The molecule has 9 nitrogen and oxygen atoms in total. The maximum absolute atomic E-state index is 13.5. The van der Waals surface area contributed by atoms with Gasteiger partial charge in [-0.05, 0) is 43.2 Å². The molecule has 10 heteroatoms. The number of aromatic nitrogens is 2. The zero-order chi connectivity index (χ0) is 24.5. The number of hydrogen-bond acceptors (Lipinski definition) is 5. The first-order valence-corrected chi connectivity index (χ1v) is 11.4. The molecule has 1 aliphatic carbocycles. The summed E-state index contributed by atoms with van der Waals surface area (Å²) in [5, 5.41) is 5.90. The van der Waals surface area contributed by atoms with Crippen LogP contribution in [0.4, 0.5) is 10.1 Å². The molecule has 35 heavy (non-hydrogen) atoms. The fourth-order valence-corrected chi connectivity index (χ4v) is 4.58. The average molecular weight is 478 g/mol. The van der Waals surface area contributed by atoms with Crippen LogP contribution >= 0.6 is 0 Å². The second-order valence-electron chi connectivity index (χ2n) is 8.64. The first-order chi connectivity index (χ1) is 16.9. The van der Waals surface area contributed by atoms with Crippen molar-refractivity contribution in [2.24, 2.45) is 0 Å². The molecule has 0 saturated heterocycles. The zero-order valence-electron chi connectivity index (χ0n) is 18.8. The Labute approximate surface area is 198 Å². The van der Waals surface area contributed by atoms with Crippen molar-refractivity contribution in [2.75, 3.05) is 5.32 Å². The topological polar surface area (TPSA) is 115 Å². The second kappa shape index (κ2) is 9.21. The van der Waals surface area contributed by atoms with Gasteiger partial charge in [-0.2, -0.15) is 0 Å². The van der Waals surface area contributed by atoms with E-state index in [0.29, 0.717) is 11.0 Å². The third-order valence-corrected chi connectivity index (χ3v) is 6.17. The number of anilines is 1. The Morgan fingerprint density at radius 2 is 1.71 bits per heavy atom. The molecule has 1 saturated carbocycles. The SMILES string of the molecule is O=C(Cn1c(=O)n(CC(=O)NC2CCCC2)c(=O)c2oc3ccccc3c21)Nc1cccc(F)c1. The number of furan rings is 1. The monoisotopic (exact) mass is 478 g/mol. The van der Waals surface area contributed by atoms with E-state index in [9.17, 15) is 23.6 Å². The lowest BCUT2D eigenvalue weighted by molar-refractivity contribution is -0.122. The van der Waals surface area contributed by atoms with Gasteiger partial charge >= 0.3 is 5.69 Å². The van der Waals surface area contributed by atoms with E-state index in [1.165, 1.54) is 18.2 Å². The minimum absolute atomic E-state index is 0.0207. The lowest BCUT2D eigenvalue weighted by Gasteiger charge is -2.14. The van der Waals surface area contributed by atoms with Crippen LogP contribution in [0.2, 0.25) is 0 Å². The molecule has 0 atom stereocenters. The van der Waals surface area contributed by atoms with Crippen molar-refractivity contribution >= 4 is 39.6 Å². The van der Waals surface area contributed by atoms with E-state index in [1.807, 2.05) is 0 Å². The van der Waals surface area contributed by atoms with E-state index < -0.39 is 42.0 Å². The maximum Gasteiger partial charge on any atom is 0.332 e. The second-order valence-corrected chi connectivity index (χ2v) is 8.64. The van der Waals surface area contributed by atoms with Gasteiger partial charge in [-0.25, -0.2) is 13.8 Å². The van der Waals surface area contributed by atoms with Gasteiger partial charge in [0.2, 0.25) is 17.4 Å². The van der Waals surface area contributed by atoms with Crippen LogP contribution in [-0.4, -0.2) is 27.0 Å². The van der Waals surface area contributed by atoms with Crippen LogP contribution in [0.15, 0.2) is 62.5 Å². The normalized spacial score (nSPS) is 14.0. The minimum Gasteiger partial charge on any atom is -0.449 e. The molecule has 0 bridgehead atoms. The molecule has 2 N–H and O–H groups in total. The number of hydrogen-bond donors (Lipinski definition) is 2. The zero-order valence-corrected chi connectivity index (χ0v) is 18.8. The number of carbonyl (C=O) groups is 2. The van der Waals surface area contributed by atoms with Gasteiger partial charge in [0.15, 0.2) is 0 Å². The maximum atomic E-state index is 13.5. The van der Waals surface area contributed by atoms with Crippen molar-refractivity contribution in [1.29, 1.82) is 0 Å². The molecular weight excluding hydrogens is 455 g/mol. The lowest BCUT2D eigenvalue weighted by atomic mass is 10.2. The molecule has 4 aromatic rings. The molecule has 0 aliphatic heterocycles. The molecule has 0 spiro atoms. The van der Waals surface area contributed by atoms with E-state index in [1.54, 1.807) is 24.3 Å². The Balaban J connectivity index is 1.56. The first-order valence-electron chi connectivity index (χ1n) is 11.4. The Hall–Kier alpha value is -4.21. The van der Waals surface area contributed by atoms with Gasteiger partial charge in [0.1, 0.15) is 30.0 Å². The summed E-state index contributed by atoms with van der Waals surface area (Å²) in [6, 6.07) is 12.1. The van der Waals surface area contributed by atoms with Crippen LogP contribution in [0.25, 0.3) is 22.1 Å². The van der Waals surface area contributed by atoms with Crippen LogP contribution in [0.5, 0.6) is 0 Å². The largest absolute Gasteiger partial charge is 0.449 e. The number of rotatable bonds is 6. The molecule has 1 aliphatic rings. The van der Waals surface area contributed by atoms with Crippen molar-refractivity contribution in [3.05, 3.63) is 75.2 Å². The third kappa shape index (κ3) is 4.46. The summed E-state index contributed by atoms with van der Waals surface area (Å²) in [6.07, 6.45) is 3.74. The summed E-state index contributed by atoms with van der Waals surface area (Å²) in [5.74, 6) is -1.59. The molecule has 2 aromatic carbocycles. The van der Waals surface area contributed by atoms with Crippen molar-refractivity contribution in [3.8, 4) is 0 Å². The number of para-hydroxylation sites is 1. The molecule has 180 valence electrons. The van der Waals surface area contributed by atoms with Crippen molar-refractivity contribution in [3.63, 3.8) is 0 Å². The van der Waals surface area contributed by atoms with E-state index in [4.69, 9.17) is 4.42 Å². The van der Waals surface area contributed by atoms with Gasteiger partial charge in [0.05, 0.1) is 0 Å². The number of nitrogens with zero attached hydrogens (tertiary/aromatic N) is 2. The van der Waals surface area contributed by atoms with Gasteiger partial charge in [-0.3, -0.25) is 19.0 Å². The Morgan fingerprint density at radius 1 is 0.971 bits per heavy atom. The number of amides is 2. The van der Waals surface area contributed by atoms with E-state index >= 15 is 0 Å². The summed E-state index contributed by atoms with van der Waals surface area (Å²) < 4.78 is 21.2. The summed E-state index contributed by atoms with van der Waals surface area (Å²) >= 11 is 0. The highest BCUT2D eigenvalue weighted by atomic mass is 19.1. The fourth-order valence-electron chi connectivity index (χ4n) is 4.58. The highest BCUT2D eigenvalue weighted by molar-refractivity contribution is 6.03. The molecule has 2 amide bonds. The molecule has 0 unspecified atom stereocenters. The van der Waals surface area contributed by atoms with Crippen molar-refractivity contribution < 1.29 is 18.4 Å².